The zero-order valence-electron chi connectivity index (χ0n) is 22.8. The summed E-state index contributed by atoms with van der Waals surface area (Å²) in [7, 11) is -2.96. The van der Waals surface area contributed by atoms with Gasteiger partial charge in [-0.3, -0.25) is 4.68 Å². The van der Waals surface area contributed by atoms with E-state index in [0.29, 0.717) is 13.1 Å². The minimum absolute atomic E-state index is 0.136. The fraction of sp³-hybridized carbons (Fsp3) is 0.156. The Balaban J connectivity index is 1.14. The molecule has 0 atom stereocenters. The zero-order valence-corrected chi connectivity index (χ0v) is 23.6. The van der Waals surface area contributed by atoms with Gasteiger partial charge in [0, 0.05) is 72.1 Å². The van der Waals surface area contributed by atoms with Gasteiger partial charge in [0.25, 0.3) is 0 Å². The molecule has 4 aromatic rings. The molecule has 1 aromatic heterocycles. The number of rotatable bonds is 10. The highest BCUT2D eigenvalue weighted by Crippen LogP contribution is 2.31. The fourth-order valence-corrected chi connectivity index (χ4v) is 5.41. The molecule has 0 aliphatic carbocycles. The van der Waals surface area contributed by atoms with Gasteiger partial charge in [-0.1, -0.05) is 42.5 Å². The van der Waals surface area contributed by atoms with Crippen molar-refractivity contribution in [1.29, 1.82) is 0 Å². The van der Waals surface area contributed by atoms with Gasteiger partial charge in [0.2, 0.25) is 0 Å². The van der Waals surface area contributed by atoms with Crippen LogP contribution in [0.2, 0.25) is 0 Å². The van der Waals surface area contributed by atoms with Crippen LogP contribution in [0.3, 0.4) is 0 Å². The summed E-state index contributed by atoms with van der Waals surface area (Å²) in [6, 6.07) is 24.9. The third kappa shape index (κ3) is 6.42. The molecule has 0 radical (unpaired) electrons. The van der Waals surface area contributed by atoms with Gasteiger partial charge in [-0.15, -0.1) is 0 Å². The lowest BCUT2D eigenvalue weighted by molar-refractivity contribution is 0.596. The SMILES string of the molecule is CS(=O)(=O)CCNCc1ccc(N2C=CC3=CNC=C(Nc4ccc5c(cnn5Cc5ccccc5)c4)C3=C2)cc1. The van der Waals surface area contributed by atoms with Gasteiger partial charge in [0.15, 0.2) is 0 Å². The second-order valence-electron chi connectivity index (χ2n) is 10.2. The summed E-state index contributed by atoms with van der Waals surface area (Å²) in [6.45, 7) is 1.80. The summed E-state index contributed by atoms with van der Waals surface area (Å²) in [4.78, 5) is 2.10. The first-order chi connectivity index (χ1) is 19.9. The minimum atomic E-state index is -2.96. The third-order valence-corrected chi connectivity index (χ3v) is 8.01. The second-order valence-corrected chi connectivity index (χ2v) is 12.5. The Hall–Kier alpha value is -4.60. The third-order valence-electron chi connectivity index (χ3n) is 7.06. The van der Waals surface area contributed by atoms with Crippen LogP contribution in [0, 0.1) is 0 Å². The smallest absolute Gasteiger partial charge is 0.148 e. The average Bonchev–Trinajstić information content (AvgIpc) is 3.37. The quantitative estimate of drug-likeness (QED) is 0.237. The summed E-state index contributed by atoms with van der Waals surface area (Å²) in [5, 5.41) is 15.7. The second kappa shape index (κ2) is 11.5. The molecule has 2 aliphatic rings. The Bertz CT molecular complexity index is 1780. The molecular weight excluding hydrogens is 532 g/mol. The number of anilines is 2. The van der Waals surface area contributed by atoms with Crippen LogP contribution in [-0.4, -0.2) is 36.8 Å². The van der Waals surface area contributed by atoms with Gasteiger partial charge >= 0.3 is 0 Å². The topological polar surface area (TPSA) is 91.3 Å². The summed E-state index contributed by atoms with van der Waals surface area (Å²) in [6.07, 6.45) is 13.4. The highest BCUT2D eigenvalue weighted by atomic mass is 32.2. The van der Waals surface area contributed by atoms with E-state index in [1.807, 2.05) is 47.7 Å². The molecule has 3 N–H and O–H groups in total. The number of aromatic nitrogens is 2. The molecule has 6 rings (SSSR count). The lowest BCUT2D eigenvalue weighted by atomic mass is 10.00. The van der Waals surface area contributed by atoms with Crippen LogP contribution in [0.25, 0.3) is 10.9 Å². The van der Waals surface area contributed by atoms with E-state index in [1.165, 1.54) is 11.8 Å². The lowest BCUT2D eigenvalue weighted by Crippen LogP contribution is -2.22. The van der Waals surface area contributed by atoms with Crippen LogP contribution in [0.1, 0.15) is 11.1 Å². The summed E-state index contributed by atoms with van der Waals surface area (Å²) in [5.74, 6) is 0.136. The molecule has 41 heavy (non-hydrogen) atoms. The van der Waals surface area contributed by atoms with E-state index in [9.17, 15) is 8.42 Å². The van der Waals surface area contributed by atoms with Gasteiger partial charge in [-0.25, -0.2) is 8.42 Å². The number of hydrogen-bond donors (Lipinski definition) is 3. The Kier molecular flexibility index (Phi) is 7.45. The molecule has 0 saturated carbocycles. The number of dihydropyridines is 1. The van der Waals surface area contributed by atoms with Crippen molar-refractivity contribution in [3.63, 3.8) is 0 Å². The molecular formula is C32H32N6O2S. The zero-order chi connectivity index (χ0) is 28.2. The van der Waals surface area contributed by atoms with E-state index in [0.717, 1.165) is 51.2 Å². The van der Waals surface area contributed by atoms with Crippen molar-refractivity contribution in [2.45, 2.75) is 13.1 Å². The Morgan fingerprint density at radius 2 is 1.78 bits per heavy atom. The molecule has 3 heterocycles. The molecule has 9 heteroatoms. The number of benzene rings is 3. The number of sulfone groups is 1. The molecule has 0 fully saturated rings. The number of nitrogens with one attached hydrogen (secondary N) is 3. The van der Waals surface area contributed by atoms with Crippen molar-refractivity contribution in [3.8, 4) is 0 Å². The molecule has 3 aromatic carbocycles. The van der Waals surface area contributed by atoms with E-state index in [-0.39, 0.29) is 5.75 Å². The monoisotopic (exact) mass is 564 g/mol. The van der Waals surface area contributed by atoms with Crippen LogP contribution in [0.5, 0.6) is 0 Å². The predicted octanol–water partition coefficient (Wildman–Crippen LogP) is 4.88. The molecule has 0 unspecified atom stereocenters. The number of fused-ring (bicyclic) bond motifs is 2. The average molecular weight is 565 g/mol. The van der Waals surface area contributed by atoms with E-state index in [1.54, 1.807) is 0 Å². The Morgan fingerprint density at radius 3 is 2.59 bits per heavy atom. The lowest BCUT2D eigenvalue weighted by Gasteiger charge is -2.27. The number of hydrogen-bond acceptors (Lipinski definition) is 7. The summed E-state index contributed by atoms with van der Waals surface area (Å²) < 4.78 is 24.7. The molecule has 0 bridgehead atoms. The van der Waals surface area contributed by atoms with Gasteiger partial charge in [0.1, 0.15) is 9.84 Å². The van der Waals surface area contributed by atoms with Crippen molar-refractivity contribution in [3.05, 3.63) is 138 Å². The maximum absolute atomic E-state index is 11.3. The summed E-state index contributed by atoms with van der Waals surface area (Å²) in [5.41, 5.74) is 8.58. The Morgan fingerprint density at radius 1 is 0.951 bits per heavy atom. The maximum Gasteiger partial charge on any atom is 0.148 e. The van der Waals surface area contributed by atoms with Crippen LogP contribution >= 0.6 is 0 Å². The highest BCUT2D eigenvalue weighted by molar-refractivity contribution is 7.90. The minimum Gasteiger partial charge on any atom is -0.365 e. The van der Waals surface area contributed by atoms with Crippen LogP contribution in [0.15, 0.2) is 127 Å². The van der Waals surface area contributed by atoms with E-state index < -0.39 is 9.84 Å². The first-order valence-corrected chi connectivity index (χ1v) is 15.6. The fourth-order valence-electron chi connectivity index (χ4n) is 4.89. The van der Waals surface area contributed by atoms with Crippen molar-refractivity contribution in [2.24, 2.45) is 0 Å². The molecule has 2 aliphatic heterocycles. The van der Waals surface area contributed by atoms with Gasteiger partial charge in [-0.05, 0) is 47.5 Å². The normalized spacial score (nSPS) is 14.7. The highest BCUT2D eigenvalue weighted by Gasteiger charge is 2.19. The first kappa shape index (κ1) is 26.6. The van der Waals surface area contributed by atoms with E-state index in [2.05, 4.69) is 92.8 Å². The first-order valence-electron chi connectivity index (χ1n) is 13.5. The summed E-state index contributed by atoms with van der Waals surface area (Å²) >= 11 is 0. The molecule has 0 spiro atoms. The predicted molar refractivity (Wildman–Crippen MR) is 166 cm³/mol. The molecule has 0 amide bonds. The Labute approximate surface area is 240 Å². The largest absolute Gasteiger partial charge is 0.365 e. The van der Waals surface area contributed by atoms with Gasteiger partial charge in [-0.2, -0.15) is 5.10 Å². The number of nitrogens with zero attached hydrogens (tertiary/aromatic N) is 3. The van der Waals surface area contributed by atoms with E-state index in [4.69, 9.17) is 0 Å². The van der Waals surface area contributed by atoms with Crippen LogP contribution in [-0.2, 0) is 22.9 Å². The van der Waals surface area contributed by atoms with Crippen molar-refractivity contribution in [1.82, 2.24) is 20.4 Å². The maximum atomic E-state index is 11.3. The van der Waals surface area contributed by atoms with E-state index >= 15 is 0 Å². The molecule has 8 nitrogen and oxygen atoms in total. The van der Waals surface area contributed by atoms with Crippen molar-refractivity contribution >= 4 is 32.1 Å². The van der Waals surface area contributed by atoms with Crippen LogP contribution < -0.4 is 20.9 Å². The number of allylic oxidation sites excluding steroid dienone is 2. The standard InChI is InChI=1S/C32H32N6O2S/c1-41(39,40)16-14-33-18-24-7-10-29(11-8-24)37-15-13-26-19-34-21-31(30(26)23-37)36-28-9-12-32-27(17-28)20-35-38(32)22-25-5-3-2-4-6-25/h2-13,15,17,19-21,23,33-34,36H,14,16,18,22H2,1H3. The molecule has 208 valence electrons. The van der Waals surface area contributed by atoms with Gasteiger partial charge < -0.3 is 20.9 Å². The van der Waals surface area contributed by atoms with Crippen LogP contribution in [0.4, 0.5) is 11.4 Å². The van der Waals surface area contributed by atoms with Crippen molar-refractivity contribution < 1.29 is 8.42 Å². The molecule has 0 saturated heterocycles. The van der Waals surface area contributed by atoms with Crippen molar-refractivity contribution in [2.75, 3.05) is 28.8 Å². The van der Waals surface area contributed by atoms with Gasteiger partial charge in [0.05, 0.1) is 29.7 Å².